The van der Waals surface area contributed by atoms with Crippen molar-refractivity contribution in [3.05, 3.63) is 35.9 Å². The number of aliphatic hydroxyl groups excluding tert-OH is 1. The molecule has 3 aliphatic heterocycles. The van der Waals surface area contributed by atoms with Crippen LogP contribution in [0.25, 0.3) is 0 Å². The normalized spacial score (nSPS) is 33.1. The lowest BCUT2D eigenvalue weighted by Gasteiger charge is -2.47. The number of β-amino-alcohol motifs (C(OH)–C–C–N with tert-alkyl or cyclic N) is 1. The van der Waals surface area contributed by atoms with Gasteiger partial charge in [0.15, 0.2) is 6.29 Å². The summed E-state index contributed by atoms with van der Waals surface area (Å²) in [5, 5.41) is 17.9. The molecule has 3 heterocycles. The molecule has 4 fully saturated rings. The van der Waals surface area contributed by atoms with Gasteiger partial charge in [0.05, 0.1) is 24.3 Å². The summed E-state index contributed by atoms with van der Waals surface area (Å²) in [6.07, 6.45) is 5.37. The van der Waals surface area contributed by atoms with Gasteiger partial charge >= 0.3 is 6.09 Å². The number of piperidine rings is 1. The number of benzene rings is 1. The summed E-state index contributed by atoms with van der Waals surface area (Å²) in [6.45, 7) is 9.65. The van der Waals surface area contributed by atoms with Gasteiger partial charge in [-0.2, -0.15) is 0 Å². The van der Waals surface area contributed by atoms with E-state index in [0.29, 0.717) is 31.4 Å². The van der Waals surface area contributed by atoms with Crippen LogP contribution < -0.4 is 10.6 Å². The number of hydrogen-bond donors (Lipinski definition) is 3. The second-order valence-electron chi connectivity index (χ2n) is 14.0. The van der Waals surface area contributed by atoms with Gasteiger partial charge in [0, 0.05) is 31.2 Å². The highest BCUT2D eigenvalue weighted by Gasteiger charge is 2.47. The Morgan fingerprint density at radius 3 is 2.57 bits per heavy atom. The minimum atomic E-state index is -0.897. The fraction of sp³-hybridized carbons (Fsp3) is 0.758. The molecule has 9 atom stereocenters. The Morgan fingerprint density at radius 2 is 1.83 bits per heavy atom. The van der Waals surface area contributed by atoms with Crippen LogP contribution in [0, 0.1) is 17.8 Å². The van der Waals surface area contributed by atoms with Crippen LogP contribution in [0.1, 0.15) is 78.2 Å². The van der Waals surface area contributed by atoms with Gasteiger partial charge in [-0.1, -0.05) is 49.6 Å². The Hall–Kier alpha value is -2.20. The van der Waals surface area contributed by atoms with Crippen molar-refractivity contribution in [1.29, 1.82) is 0 Å². The highest BCUT2D eigenvalue weighted by atomic mass is 16.7. The highest BCUT2D eigenvalue weighted by molar-refractivity contribution is 5.82. The number of rotatable bonds is 8. The predicted octanol–water partition coefficient (Wildman–Crippen LogP) is 4.02. The largest absolute Gasteiger partial charge is 0.443 e. The van der Waals surface area contributed by atoms with Gasteiger partial charge in [0.2, 0.25) is 5.91 Å². The summed E-state index contributed by atoms with van der Waals surface area (Å²) in [5.41, 5.74) is 0.670. The number of nitrogens with one attached hydrogen (secondary N) is 2. The molecule has 1 aromatic carbocycles. The van der Waals surface area contributed by atoms with E-state index >= 15 is 0 Å². The number of nitrogens with zero attached hydrogens (tertiary/aromatic N) is 1. The maximum atomic E-state index is 13.5. The van der Waals surface area contributed by atoms with Crippen LogP contribution >= 0.6 is 0 Å². The topological polar surface area (TPSA) is 109 Å². The summed E-state index contributed by atoms with van der Waals surface area (Å²) in [4.78, 5) is 29.0. The van der Waals surface area contributed by atoms with E-state index in [9.17, 15) is 14.7 Å². The zero-order valence-electron chi connectivity index (χ0n) is 25.8. The molecule has 4 aliphatic rings. The first-order valence-electron chi connectivity index (χ1n) is 16.1. The molecule has 1 aliphatic carbocycles. The van der Waals surface area contributed by atoms with Gasteiger partial charge in [0.25, 0.3) is 0 Å². The zero-order valence-corrected chi connectivity index (χ0v) is 25.8. The summed E-state index contributed by atoms with van der Waals surface area (Å²) >= 11 is 0. The number of fused-ring (bicyclic) bond motifs is 2. The van der Waals surface area contributed by atoms with E-state index in [-0.39, 0.29) is 35.8 Å². The Bertz CT molecular complexity index is 1050. The van der Waals surface area contributed by atoms with Crippen molar-refractivity contribution in [2.75, 3.05) is 19.7 Å². The van der Waals surface area contributed by atoms with Crippen LogP contribution in [0.5, 0.6) is 0 Å². The molecule has 3 N–H and O–H groups in total. The molecule has 0 radical (unpaired) electrons. The number of hydrogen-bond acceptors (Lipinski definition) is 7. The molecule has 2 amide bonds. The Labute approximate surface area is 251 Å². The van der Waals surface area contributed by atoms with Crippen LogP contribution in [0.15, 0.2) is 30.3 Å². The van der Waals surface area contributed by atoms with Gasteiger partial charge in [0.1, 0.15) is 6.10 Å². The van der Waals surface area contributed by atoms with E-state index < -0.39 is 24.3 Å². The monoisotopic (exact) mass is 585 g/mol. The first-order valence-corrected chi connectivity index (χ1v) is 16.1. The van der Waals surface area contributed by atoms with E-state index in [2.05, 4.69) is 15.5 Å². The van der Waals surface area contributed by atoms with E-state index in [4.69, 9.17) is 14.2 Å². The molecule has 1 aromatic rings. The molecule has 9 heteroatoms. The zero-order chi connectivity index (χ0) is 29.9. The van der Waals surface area contributed by atoms with Crippen molar-refractivity contribution in [3.63, 3.8) is 0 Å². The molecule has 234 valence electrons. The molecule has 1 saturated carbocycles. The molecule has 0 bridgehead atoms. The van der Waals surface area contributed by atoms with Crippen molar-refractivity contribution in [2.24, 2.45) is 17.8 Å². The van der Waals surface area contributed by atoms with Crippen LogP contribution in [-0.2, 0) is 25.4 Å². The standard InChI is InChI=1S/C33H51N3O6/c1-21-29(25-15-10-16-40-31(25)41-21)42-32(39)34-26(17-22-11-6-5-7-12-22)28(37)20-36-19-24-14-9-8-13-23(24)18-27(36)30(38)35-33(2,3)4/h5-7,11-12,21,23-29,31,37H,8-10,13-20H2,1-4H3,(H,34,39)(H,35,38)/t21-,23+,24-,25-,26+,27+,28-,29-,31+/m1/s1. The number of alkyl carbamates (subject to hydrolysis) is 1. The lowest BCUT2D eigenvalue weighted by molar-refractivity contribution is -0.164. The average Bonchev–Trinajstić information content (AvgIpc) is 3.26. The van der Waals surface area contributed by atoms with Crippen molar-refractivity contribution in [3.8, 4) is 0 Å². The van der Waals surface area contributed by atoms with Gasteiger partial charge in [-0.25, -0.2) is 4.79 Å². The van der Waals surface area contributed by atoms with Crippen molar-refractivity contribution in [1.82, 2.24) is 15.5 Å². The molecule has 3 saturated heterocycles. The third kappa shape index (κ3) is 7.84. The molecule has 9 nitrogen and oxygen atoms in total. The molecule has 0 aromatic heterocycles. The summed E-state index contributed by atoms with van der Waals surface area (Å²) in [6, 6.07) is 8.96. The molecule has 5 rings (SSSR count). The Morgan fingerprint density at radius 1 is 1.10 bits per heavy atom. The first kappa shape index (κ1) is 31.2. The number of aliphatic hydroxyl groups is 1. The number of carbonyl (C=O) groups is 2. The number of amides is 2. The molecule has 42 heavy (non-hydrogen) atoms. The summed E-state index contributed by atoms with van der Waals surface area (Å²) < 4.78 is 17.6. The van der Waals surface area contributed by atoms with Gasteiger partial charge < -0.3 is 30.0 Å². The smallest absolute Gasteiger partial charge is 0.407 e. The van der Waals surface area contributed by atoms with Crippen LogP contribution in [0.4, 0.5) is 4.79 Å². The molecular weight excluding hydrogens is 534 g/mol. The third-order valence-corrected chi connectivity index (χ3v) is 9.58. The fourth-order valence-corrected chi connectivity index (χ4v) is 7.51. The lowest BCUT2D eigenvalue weighted by Crippen LogP contribution is -2.60. The summed E-state index contributed by atoms with van der Waals surface area (Å²) in [7, 11) is 0. The first-order chi connectivity index (χ1) is 20.1. The number of carbonyl (C=O) groups excluding carboxylic acids is 2. The van der Waals surface area contributed by atoms with Gasteiger partial charge in [-0.3, -0.25) is 9.69 Å². The van der Waals surface area contributed by atoms with E-state index in [1.165, 1.54) is 19.3 Å². The minimum Gasteiger partial charge on any atom is -0.443 e. The van der Waals surface area contributed by atoms with E-state index in [1.54, 1.807) is 0 Å². The van der Waals surface area contributed by atoms with E-state index in [1.807, 2.05) is 58.0 Å². The maximum Gasteiger partial charge on any atom is 0.407 e. The average molecular weight is 586 g/mol. The maximum absolute atomic E-state index is 13.5. The van der Waals surface area contributed by atoms with Crippen LogP contribution in [0.2, 0.25) is 0 Å². The highest BCUT2D eigenvalue weighted by Crippen LogP contribution is 2.39. The predicted molar refractivity (Wildman–Crippen MR) is 160 cm³/mol. The second-order valence-corrected chi connectivity index (χ2v) is 14.0. The minimum absolute atomic E-state index is 0.0101. The molecule has 0 spiro atoms. The third-order valence-electron chi connectivity index (χ3n) is 9.58. The molecule has 0 unspecified atom stereocenters. The van der Waals surface area contributed by atoms with Crippen LogP contribution in [0.3, 0.4) is 0 Å². The number of likely N-dealkylation sites (tertiary alicyclic amines) is 1. The molecular formula is C33H51N3O6. The Kier molecular flexibility index (Phi) is 10.1. The lowest BCUT2D eigenvalue weighted by atomic mass is 9.72. The fourth-order valence-electron chi connectivity index (χ4n) is 7.51. The Balaban J connectivity index is 1.30. The van der Waals surface area contributed by atoms with Crippen molar-refractivity contribution in [2.45, 2.75) is 121 Å². The van der Waals surface area contributed by atoms with Gasteiger partial charge in [-0.05, 0) is 77.2 Å². The second kappa shape index (κ2) is 13.6. The van der Waals surface area contributed by atoms with Crippen molar-refractivity contribution < 1.29 is 28.9 Å². The summed E-state index contributed by atoms with van der Waals surface area (Å²) in [5.74, 6) is 1.10. The van der Waals surface area contributed by atoms with Gasteiger partial charge in [-0.15, -0.1) is 0 Å². The number of ether oxygens (including phenoxy) is 3. The quantitative estimate of drug-likeness (QED) is 0.423. The van der Waals surface area contributed by atoms with E-state index in [0.717, 1.165) is 37.8 Å². The SMILES string of the molecule is C[C@H]1O[C@@H]2OCCC[C@@H]2[C@@H]1OC(=O)N[C@@H](Cc1ccccc1)[C@H](O)CN1C[C@H]2CCCC[C@H]2C[C@H]1C(=O)NC(C)(C)C. The van der Waals surface area contributed by atoms with Crippen molar-refractivity contribution >= 4 is 12.0 Å². The van der Waals surface area contributed by atoms with Crippen LogP contribution in [-0.4, -0.2) is 83.9 Å².